The molecule has 0 aliphatic heterocycles. The number of nitro benzene ring substituents is 1. The molecular weight excluding hydrogens is 278 g/mol. The van der Waals surface area contributed by atoms with Gasteiger partial charge in [0.15, 0.2) is 0 Å². The molecule has 1 N–H and O–H groups in total. The highest BCUT2D eigenvalue weighted by atomic mass is 16.6. The Labute approximate surface area is 129 Å². The SMILES string of the molecule is CC(C)(NCc1ccc(C#N)cc1)c1ccc([N+](=O)[O-])cc1. The quantitative estimate of drug-likeness (QED) is 0.676. The van der Waals surface area contributed by atoms with Crippen LogP contribution < -0.4 is 5.32 Å². The highest BCUT2D eigenvalue weighted by Gasteiger charge is 2.20. The minimum Gasteiger partial charge on any atom is -0.304 e. The van der Waals surface area contributed by atoms with Crippen LogP contribution in [-0.4, -0.2) is 4.92 Å². The van der Waals surface area contributed by atoms with Crippen LogP contribution in [0.4, 0.5) is 5.69 Å². The van der Waals surface area contributed by atoms with Gasteiger partial charge in [-0.25, -0.2) is 0 Å². The second-order valence-corrected chi connectivity index (χ2v) is 5.59. The molecule has 0 heterocycles. The molecule has 0 saturated carbocycles. The van der Waals surface area contributed by atoms with Crippen LogP contribution in [0, 0.1) is 21.4 Å². The molecule has 0 atom stereocenters. The van der Waals surface area contributed by atoms with E-state index in [4.69, 9.17) is 5.26 Å². The number of rotatable bonds is 5. The Kier molecular flexibility index (Phi) is 4.54. The molecule has 0 aromatic heterocycles. The summed E-state index contributed by atoms with van der Waals surface area (Å²) in [4.78, 5) is 10.3. The van der Waals surface area contributed by atoms with Gasteiger partial charge in [0.05, 0.1) is 16.6 Å². The van der Waals surface area contributed by atoms with E-state index >= 15 is 0 Å². The fourth-order valence-electron chi connectivity index (χ4n) is 2.12. The van der Waals surface area contributed by atoms with Crippen molar-refractivity contribution >= 4 is 5.69 Å². The summed E-state index contributed by atoms with van der Waals surface area (Å²) in [5, 5.41) is 22.9. The summed E-state index contributed by atoms with van der Waals surface area (Å²) in [5.74, 6) is 0. The fourth-order valence-corrected chi connectivity index (χ4v) is 2.12. The third-order valence-electron chi connectivity index (χ3n) is 3.62. The number of non-ortho nitro benzene ring substituents is 1. The van der Waals surface area contributed by atoms with Crippen molar-refractivity contribution in [3.63, 3.8) is 0 Å². The molecule has 2 aromatic carbocycles. The first-order chi connectivity index (χ1) is 10.4. The van der Waals surface area contributed by atoms with Gasteiger partial charge in [-0.3, -0.25) is 10.1 Å². The van der Waals surface area contributed by atoms with Crippen LogP contribution in [0.3, 0.4) is 0 Å². The molecule has 0 spiro atoms. The van der Waals surface area contributed by atoms with E-state index in [0.717, 1.165) is 11.1 Å². The number of nitrogens with one attached hydrogen (secondary N) is 1. The van der Waals surface area contributed by atoms with Crippen molar-refractivity contribution in [3.8, 4) is 6.07 Å². The largest absolute Gasteiger partial charge is 0.304 e. The topological polar surface area (TPSA) is 79.0 Å². The lowest BCUT2D eigenvalue weighted by molar-refractivity contribution is -0.384. The van der Waals surface area contributed by atoms with Crippen molar-refractivity contribution in [2.24, 2.45) is 0 Å². The van der Waals surface area contributed by atoms with Crippen molar-refractivity contribution in [2.75, 3.05) is 0 Å². The molecule has 0 amide bonds. The molecular formula is C17H17N3O2. The highest BCUT2D eigenvalue weighted by molar-refractivity contribution is 5.36. The number of nitriles is 1. The summed E-state index contributed by atoms with van der Waals surface area (Å²) in [6.07, 6.45) is 0. The van der Waals surface area contributed by atoms with Gasteiger partial charge in [-0.05, 0) is 37.1 Å². The number of hydrogen-bond acceptors (Lipinski definition) is 4. The van der Waals surface area contributed by atoms with Gasteiger partial charge < -0.3 is 5.32 Å². The molecule has 0 saturated heterocycles. The van der Waals surface area contributed by atoms with E-state index in [1.54, 1.807) is 24.3 Å². The summed E-state index contributed by atoms with van der Waals surface area (Å²) in [5.41, 5.74) is 2.47. The Morgan fingerprint density at radius 2 is 1.73 bits per heavy atom. The maximum absolute atomic E-state index is 10.7. The molecule has 5 heteroatoms. The molecule has 22 heavy (non-hydrogen) atoms. The van der Waals surface area contributed by atoms with Crippen LogP contribution in [0.25, 0.3) is 0 Å². The second kappa shape index (κ2) is 6.37. The van der Waals surface area contributed by atoms with Gasteiger partial charge >= 0.3 is 0 Å². The standard InChI is InChI=1S/C17H17N3O2/c1-17(2,15-7-9-16(10-8-15)20(21)22)19-12-14-5-3-13(11-18)4-6-14/h3-10,19H,12H2,1-2H3. The molecule has 112 valence electrons. The van der Waals surface area contributed by atoms with E-state index < -0.39 is 4.92 Å². The summed E-state index contributed by atoms with van der Waals surface area (Å²) >= 11 is 0. The van der Waals surface area contributed by atoms with Gasteiger partial charge in [-0.15, -0.1) is 0 Å². The van der Waals surface area contributed by atoms with Crippen LogP contribution in [-0.2, 0) is 12.1 Å². The first-order valence-electron chi connectivity index (χ1n) is 6.91. The first-order valence-corrected chi connectivity index (χ1v) is 6.91. The normalized spacial score (nSPS) is 11.0. The maximum atomic E-state index is 10.7. The van der Waals surface area contributed by atoms with Crippen LogP contribution in [0.5, 0.6) is 0 Å². The van der Waals surface area contributed by atoms with Crippen molar-refractivity contribution in [3.05, 3.63) is 75.3 Å². The van der Waals surface area contributed by atoms with Crippen molar-refractivity contribution < 1.29 is 4.92 Å². The lowest BCUT2D eigenvalue weighted by Gasteiger charge is -2.27. The fraction of sp³-hybridized carbons (Fsp3) is 0.235. The predicted molar refractivity (Wildman–Crippen MR) is 84.1 cm³/mol. The molecule has 0 fully saturated rings. The molecule has 0 unspecified atom stereocenters. The second-order valence-electron chi connectivity index (χ2n) is 5.59. The van der Waals surface area contributed by atoms with Crippen molar-refractivity contribution in [2.45, 2.75) is 25.9 Å². The zero-order valence-electron chi connectivity index (χ0n) is 12.5. The van der Waals surface area contributed by atoms with Gasteiger partial charge in [-0.1, -0.05) is 24.3 Å². The Balaban J connectivity index is 2.06. The average Bonchev–Trinajstić information content (AvgIpc) is 2.53. The minimum absolute atomic E-state index is 0.0895. The summed E-state index contributed by atoms with van der Waals surface area (Å²) < 4.78 is 0. The highest BCUT2D eigenvalue weighted by Crippen LogP contribution is 2.23. The lowest BCUT2D eigenvalue weighted by Crippen LogP contribution is -2.35. The molecule has 0 radical (unpaired) electrons. The smallest absolute Gasteiger partial charge is 0.269 e. The Bertz CT molecular complexity index is 698. The Morgan fingerprint density at radius 1 is 1.14 bits per heavy atom. The number of hydrogen-bond donors (Lipinski definition) is 1. The average molecular weight is 295 g/mol. The zero-order chi connectivity index (χ0) is 16.2. The molecule has 5 nitrogen and oxygen atoms in total. The van der Waals surface area contributed by atoms with Gasteiger partial charge in [0, 0.05) is 24.2 Å². The van der Waals surface area contributed by atoms with Crippen LogP contribution >= 0.6 is 0 Å². The summed E-state index contributed by atoms with van der Waals surface area (Å²) in [6.45, 7) is 4.70. The van der Waals surface area contributed by atoms with E-state index in [2.05, 4.69) is 11.4 Å². The zero-order valence-corrected chi connectivity index (χ0v) is 12.5. The van der Waals surface area contributed by atoms with E-state index in [9.17, 15) is 10.1 Å². The van der Waals surface area contributed by atoms with E-state index in [0.29, 0.717) is 12.1 Å². The monoisotopic (exact) mass is 295 g/mol. The minimum atomic E-state index is -0.402. The summed E-state index contributed by atoms with van der Waals surface area (Å²) in [7, 11) is 0. The van der Waals surface area contributed by atoms with Gasteiger partial charge in [0.1, 0.15) is 0 Å². The Hall–Kier alpha value is -2.71. The number of nitrogens with zero attached hydrogens (tertiary/aromatic N) is 2. The number of nitro groups is 1. The molecule has 2 aromatic rings. The maximum Gasteiger partial charge on any atom is 0.269 e. The Morgan fingerprint density at radius 3 is 2.23 bits per heavy atom. The van der Waals surface area contributed by atoms with Crippen molar-refractivity contribution in [1.82, 2.24) is 5.32 Å². The predicted octanol–water partition coefficient (Wildman–Crippen LogP) is 3.49. The van der Waals surface area contributed by atoms with E-state index in [1.165, 1.54) is 12.1 Å². The van der Waals surface area contributed by atoms with Crippen LogP contribution in [0.1, 0.15) is 30.5 Å². The first kappa shape index (κ1) is 15.7. The third kappa shape index (κ3) is 3.68. The van der Waals surface area contributed by atoms with Crippen molar-refractivity contribution in [1.29, 1.82) is 5.26 Å². The van der Waals surface area contributed by atoms with E-state index in [-0.39, 0.29) is 11.2 Å². The number of benzene rings is 2. The van der Waals surface area contributed by atoms with E-state index in [1.807, 2.05) is 26.0 Å². The third-order valence-corrected chi connectivity index (χ3v) is 3.62. The van der Waals surface area contributed by atoms with Crippen LogP contribution in [0.15, 0.2) is 48.5 Å². The lowest BCUT2D eigenvalue weighted by atomic mass is 9.93. The van der Waals surface area contributed by atoms with Gasteiger partial charge in [0.25, 0.3) is 5.69 Å². The molecule has 0 bridgehead atoms. The summed E-state index contributed by atoms with van der Waals surface area (Å²) in [6, 6.07) is 16.1. The molecule has 2 rings (SSSR count). The van der Waals surface area contributed by atoms with Gasteiger partial charge in [0.2, 0.25) is 0 Å². The van der Waals surface area contributed by atoms with Gasteiger partial charge in [-0.2, -0.15) is 5.26 Å². The molecule has 0 aliphatic rings. The molecule has 0 aliphatic carbocycles. The van der Waals surface area contributed by atoms with Crippen LogP contribution in [0.2, 0.25) is 0 Å².